The fourth-order valence-electron chi connectivity index (χ4n) is 2.45. The van der Waals surface area contributed by atoms with Crippen molar-refractivity contribution >= 4 is 11.0 Å². The van der Waals surface area contributed by atoms with E-state index >= 15 is 0 Å². The van der Waals surface area contributed by atoms with Crippen LogP contribution >= 0.6 is 0 Å². The summed E-state index contributed by atoms with van der Waals surface area (Å²) in [5, 5.41) is -0.161. The molecule has 0 saturated heterocycles. The van der Waals surface area contributed by atoms with Gasteiger partial charge in [0.1, 0.15) is 28.4 Å². The molecule has 3 aromatic rings. The highest BCUT2D eigenvalue weighted by Gasteiger charge is 2.20. The molecule has 0 bridgehead atoms. The lowest BCUT2D eigenvalue weighted by atomic mass is 9.99. The van der Waals surface area contributed by atoms with Gasteiger partial charge < -0.3 is 10.2 Å². The zero-order chi connectivity index (χ0) is 15.9. The summed E-state index contributed by atoms with van der Waals surface area (Å²) < 4.78 is 33.1. The van der Waals surface area contributed by atoms with Crippen molar-refractivity contribution in [1.82, 2.24) is 0 Å². The fraction of sp³-hybridized carbons (Fsp3) is 0.118. The Morgan fingerprint density at radius 1 is 1.14 bits per heavy atom. The minimum absolute atomic E-state index is 0.0899. The summed E-state index contributed by atoms with van der Waals surface area (Å²) in [5.41, 5.74) is 5.83. The molecule has 3 nitrogen and oxygen atoms in total. The van der Waals surface area contributed by atoms with Gasteiger partial charge in [0.2, 0.25) is 5.43 Å². The van der Waals surface area contributed by atoms with Gasteiger partial charge in [-0.05, 0) is 36.8 Å². The Hall–Kier alpha value is -2.53. The van der Waals surface area contributed by atoms with Crippen LogP contribution in [0.3, 0.4) is 0 Å². The molecule has 22 heavy (non-hydrogen) atoms. The Morgan fingerprint density at radius 3 is 2.55 bits per heavy atom. The van der Waals surface area contributed by atoms with Gasteiger partial charge in [-0.25, -0.2) is 8.78 Å². The maximum absolute atomic E-state index is 14.0. The lowest BCUT2D eigenvalue weighted by molar-refractivity contribution is 0.501. The summed E-state index contributed by atoms with van der Waals surface area (Å²) in [6.45, 7) is 1.65. The fourth-order valence-corrected chi connectivity index (χ4v) is 2.45. The van der Waals surface area contributed by atoms with Crippen molar-refractivity contribution in [2.45, 2.75) is 13.0 Å². The Kier molecular flexibility index (Phi) is 3.50. The van der Waals surface area contributed by atoms with Crippen molar-refractivity contribution in [2.24, 2.45) is 5.73 Å². The third kappa shape index (κ3) is 2.29. The molecule has 1 atom stereocenters. The first-order valence-corrected chi connectivity index (χ1v) is 6.76. The Morgan fingerprint density at radius 2 is 1.86 bits per heavy atom. The van der Waals surface area contributed by atoms with Gasteiger partial charge in [0.15, 0.2) is 0 Å². The van der Waals surface area contributed by atoms with E-state index in [0.717, 1.165) is 0 Å². The highest BCUT2D eigenvalue weighted by atomic mass is 19.1. The molecule has 5 heteroatoms. The largest absolute Gasteiger partial charge is 0.458 e. The number of benzene rings is 2. The first-order chi connectivity index (χ1) is 10.5. The second kappa shape index (κ2) is 5.35. The number of fused-ring (bicyclic) bond motifs is 1. The predicted molar refractivity (Wildman–Crippen MR) is 80.4 cm³/mol. The number of hydrogen-bond donors (Lipinski definition) is 1. The Bertz CT molecular complexity index is 916. The average Bonchev–Trinajstić information content (AvgIpc) is 2.46. The SMILES string of the molecule is CC(N)c1oc2cccc(F)c2c(=O)c1-c1cccc(F)c1. The van der Waals surface area contributed by atoms with E-state index < -0.39 is 23.1 Å². The molecule has 0 aliphatic carbocycles. The summed E-state index contributed by atoms with van der Waals surface area (Å²) >= 11 is 0. The van der Waals surface area contributed by atoms with Crippen LogP contribution < -0.4 is 11.2 Å². The highest BCUT2D eigenvalue weighted by molar-refractivity contribution is 5.83. The van der Waals surface area contributed by atoms with Gasteiger partial charge in [0.25, 0.3) is 0 Å². The molecule has 1 heterocycles. The van der Waals surface area contributed by atoms with E-state index in [1.807, 2.05) is 0 Å². The monoisotopic (exact) mass is 301 g/mol. The second-order valence-corrected chi connectivity index (χ2v) is 5.08. The van der Waals surface area contributed by atoms with Gasteiger partial charge in [0, 0.05) is 0 Å². The lowest BCUT2D eigenvalue weighted by Crippen LogP contribution is -2.15. The van der Waals surface area contributed by atoms with Crippen LogP contribution in [0.15, 0.2) is 51.7 Å². The normalized spacial score (nSPS) is 12.5. The standard InChI is InChI=1S/C17H13F2NO2/c1-9(20)17-14(10-4-2-5-11(18)8-10)16(21)15-12(19)6-3-7-13(15)22-17/h2-9H,20H2,1H3. The third-order valence-electron chi connectivity index (χ3n) is 3.42. The smallest absolute Gasteiger partial charge is 0.203 e. The van der Waals surface area contributed by atoms with Gasteiger partial charge in [0.05, 0.1) is 11.6 Å². The molecule has 0 saturated carbocycles. The third-order valence-corrected chi connectivity index (χ3v) is 3.42. The number of rotatable bonds is 2. The first-order valence-electron chi connectivity index (χ1n) is 6.76. The molecule has 0 amide bonds. The Balaban J connectivity index is 2.46. The van der Waals surface area contributed by atoms with Crippen LogP contribution in [0.5, 0.6) is 0 Å². The molecule has 1 aromatic heterocycles. The Labute approximate surface area is 125 Å². The molecule has 0 spiro atoms. The van der Waals surface area contributed by atoms with Crippen molar-refractivity contribution in [2.75, 3.05) is 0 Å². The van der Waals surface area contributed by atoms with Crippen molar-refractivity contribution in [1.29, 1.82) is 0 Å². The quantitative estimate of drug-likeness (QED) is 0.784. The summed E-state index contributed by atoms with van der Waals surface area (Å²) in [6, 6.07) is 9.03. The molecule has 0 aliphatic rings. The van der Waals surface area contributed by atoms with Crippen LogP contribution in [0.1, 0.15) is 18.7 Å². The zero-order valence-electron chi connectivity index (χ0n) is 11.8. The number of nitrogens with two attached hydrogens (primary N) is 1. The van der Waals surface area contributed by atoms with Crippen LogP contribution in [0.25, 0.3) is 22.1 Å². The molecule has 2 N–H and O–H groups in total. The number of hydrogen-bond acceptors (Lipinski definition) is 3. The van der Waals surface area contributed by atoms with Gasteiger partial charge in [-0.15, -0.1) is 0 Å². The molecule has 3 rings (SSSR count). The van der Waals surface area contributed by atoms with Crippen LogP contribution in [0, 0.1) is 11.6 Å². The van der Waals surface area contributed by atoms with Crippen molar-refractivity contribution < 1.29 is 13.2 Å². The second-order valence-electron chi connectivity index (χ2n) is 5.08. The molecule has 0 fully saturated rings. The molecule has 0 radical (unpaired) electrons. The lowest BCUT2D eigenvalue weighted by Gasteiger charge is -2.13. The molecular formula is C17H13F2NO2. The minimum Gasteiger partial charge on any atom is -0.458 e. The average molecular weight is 301 g/mol. The van der Waals surface area contributed by atoms with E-state index in [2.05, 4.69) is 0 Å². The highest BCUT2D eigenvalue weighted by Crippen LogP contribution is 2.29. The number of halogens is 2. The van der Waals surface area contributed by atoms with E-state index in [-0.39, 0.29) is 22.3 Å². The van der Waals surface area contributed by atoms with Gasteiger partial charge >= 0.3 is 0 Å². The summed E-state index contributed by atoms with van der Waals surface area (Å²) in [6.07, 6.45) is 0. The predicted octanol–water partition coefficient (Wildman–Crippen LogP) is 3.76. The topological polar surface area (TPSA) is 56.2 Å². The van der Waals surface area contributed by atoms with E-state index in [1.165, 1.54) is 36.4 Å². The van der Waals surface area contributed by atoms with E-state index in [1.54, 1.807) is 13.0 Å². The summed E-state index contributed by atoms with van der Waals surface area (Å²) in [5.74, 6) is -0.977. The van der Waals surface area contributed by atoms with E-state index in [9.17, 15) is 13.6 Å². The van der Waals surface area contributed by atoms with Crippen molar-refractivity contribution in [3.8, 4) is 11.1 Å². The van der Waals surface area contributed by atoms with Gasteiger partial charge in [-0.1, -0.05) is 18.2 Å². The molecule has 2 aromatic carbocycles. The molecule has 0 aliphatic heterocycles. The van der Waals surface area contributed by atoms with Crippen molar-refractivity contribution in [3.05, 3.63) is 70.1 Å². The maximum atomic E-state index is 14.0. The van der Waals surface area contributed by atoms with E-state index in [0.29, 0.717) is 5.56 Å². The molecule has 112 valence electrons. The summed E-state index contributed by atoms with van der Waals surface area (Å²) in [4.78, 5) is 12.7. The van der Waals surface area contributed by atoms with E-state index in [4.69, 9.17) is 10.2 Å². The molecule has 1 unspecified atom stereocenters. The van der Waals surface area contributed by atoms with Crippen LogP contribution in [0.2, 0.25) is 0 Å². The molecular weight excluding hydrogens is 288 g/mol. The van der Waals surface area contributed by atoms with Crippen LogP contribution in [0.4, 0.5) is 8.78 Å². The summed E-state index contributed by atoms with van der Waals surface area (Å²) in [7, 11) is 0. The van der Waals surface area contributed by atoms with Crippen LogP contribution in [-0.4, -0.2) is 0 Å². The van der Waals surface area contributed by atoms with Gasteiger partial charge in [-0.3, -0.25) is 4.79 Å². The van der Waals surface area contributed by atoms with Gasteiger partial charge in [-0.2, -0.15) is 0 Å². The maximum Gasteiger partial charge on any atom is 0.203 e. The van der Waals surface area contributed by atoms with Crippen molar-refractivity contribution in [3.63, 3.8) is 0 Å². The minimum atomic E-state index is -0.680. The first kappa shape index (κ1) is 14.4. The van der Waals surface area contributed by atoms with Crippen LogP contribution in [-0.2, 0) is 0 Å². The zero-order valence-corrected chi connectivity index (χ0v) is 11.8.